The fraction of sp³-hybridized carbons (Fsp3) is 0.875. The molecule has 0 spiro atoms. The van der Waals surface area contributed by atoms with Crippen LogP contribution in [0.5, 0.6) is 0 Å². The molecule has 1 aliphatic carbocycles. The van der Waals surface area contributed by atoms with Gasteiger partial charge in [0.2, 0.25) is 5.91 Å². The van der Waals surface area contributed by atoms with Crippen molar-refractivity contribution in [2.45, 2.75) is 31.3 Å². The van der Waals surface area contributed by atoms with Crippen LogP contribution in [-0.2, 0) is 4.79 Å². The van der Waals surface area contributed by atoms with E-state index in [2.05, 4.69) is 4.90 Å². The molecule has 0 radical (unpaired) electrons. The van der Waals surface area contributed by atoms with Crippen LogP contribution in [0.25, 0.3) is 0 Å². The zero-order valence-corrected chi connectivity index (χ0v) is 7.49. The van der Waals surface area contributed by atoms with Crippen LogP contribution in [0, 0.1) is 0 Å². The molecule has 12 heavy (non-hydrogen) atoms. The number of hydrogen-bond donors (Lipinski definition) is 2. The average Bonchev–Trinajstić information content (AvgIpc) is 1.82. The van der Waals surface area contributed by atoms with Crippen molar-refractivity contribution in [1.29, 1.82) is 0 Å². The molecule has 4 N–H and O–H groups in total. The van der Waals surface area contributed by atoms with E-state index < -0.39 is 11.9 Å². The molecular weight excluding hydrogens is 154 g/mol. The van der Waals surface area contributed by atoms with Gasteiger partial charge in [0.25, 0.3) is 0 Å². The van der Waals surface area contributed by atoms with Gasteiger partial charge in [0.1, 0.15) is 0 Å². The Labute approximate surface area is 72.9 Å². The Hall–Kier alpha value is -0.610. The Bertz CT molecular complexity index is 168. The minimum absolute atomic E-state index is 0.416. The predicted molar refractivity (Wildman–Crippen MR) is 47.4 cm³/mol. The quantitative estimate of drug-likeness (QED) is 0.586. The monoisotopic (exact) mass is 171 g/mol. The molecule has 1 amide bonds. The van der Waals surface area contributed by atoms with Crippen LogP contribution in [-0.4, -0.2) is 36.5 Å². The third-order valence-corrected chi connectivity index (χ3v) is 2.55. The first kappa shape index (κ1) is 9.48. The maximum atomic E-state index is 10.6. The zero-order valence-electron chi connectivity index (χ0n) is 7.49. The van der Waals surface area contributed by atoms with E-state index in [1.807, 2.05) is 7.05 Å². The fourth-order valence-electron chi connectivity index (χ4n) is 1.38. The molecule has 0 heterocycles. The molecule has 1 saturated carbocycles. The van der Waals surface area contributed by atoms with Gasteiger partial charge in [-0.1, -0.05) is 6.42 Å². The van der Waals surface area contributed by atoms with Gasteiger partial charge in [0, 0.05) is 12.6 Å². The minimum atomic E-state index is -0.518. The van der Waals surface area contributed by atoms with Gasteiger partial charge in [-0.2, -0.15) is 0 Å². The summed E-state index contributed by atoms with van der Waals surface area (Å²) in [6.07, 6.45) is 3.74. The maximum Gasteiger partial charge on any atom is 0.235 e. The Morgan fingerprint density at radius 1 is 1.67 bits per heavy atom. The summed E-state index contributed by atoms with van der Waals surface area (Å²) < 4.78 is 0. The van der Waals surface area contributed by atoms with E-state index in [4.69, 9.17) is 11.5 Å². The topological polar surface area (TPSA) is 72.3 Å². The summed E-state index contributed by atoms with van der Waals surface area (Å²) in [4.78, 5) is 12.8. The van der Waals surface area contributed by atoms with Crippen LogP contribution in [0.2, 0.25) is 0 Å². The van der Waals surface area contributed by atoms with Gasteiger partial charge in [0.15, 0.2) is 0 Å². The SMILES string of the molecule is CN(CC(N)C(N)=O)C1CCC1. The lowest BCUT2D eigenvalue weighted by Gasteiger charge is -2.35. The first-order chi connectivity index (χ1) is 5.61. The fourth-order valence-corrected chi connectivity index (χ4v) is 1.38. The zero-order chi connectivity index (χ0) is 9.14. The van der Waals surface area contributed by atoms with Crippen molar-refractivity contribution in [1.82, 2.24) is 4.90 Å². The Balaban J connectivity index is 2.24. The van der Waals surface area contributed by atoms with E-state index in [9.17, 15) is 4.79 Å². The van der Waals surface area contributed by atoms with E-state index >= 15 is 0 Å². The lowest BCUT2D eigenvalue weighted by molar-refractivity contribution is -0.119. The molecule has 0 aliphatic heterocycles. The number of primary amides is 1. The van der Waals surface area contributed by atoms with Crippen molar-refractivity contribution in [3.8, 4) is 0 Å². The van der Waals surface area contributed by atoms with Crippen LogP contribution in [0.1, 0.15) is 19.3 Å². The standard InChI is InChI=1S/C8H17N3O/c1-11(6-3-2-4-6)5-7(9)8(10)12/h6-7H,2-5,9H2,1H3,(H2,10,12). The highest BCUT2D eigenvalue weighted by atomic mass is 16.1. The van der Waals surface area contributed by atoms with Crippen molar-refractivity contribution >= 4 is 5.91 Å². The van der Waals surface area contributed by atoms with Crippen molar-refractivity contribution in [3.05, 3.63) is 0 Å². The highest BCUT2D eigenvalue weighted by Crippen LogP contribution is 2.23. The average molecular weight is 171 g/mol. The third kappa shape index (κ3) is 2.19. The maximum absolute atomic E-state index is 10.6. The van der Waals surface area contributed by atoms with E-state index in [1.165, 1.54) is 19.3 Å². The van der Waals surface area contributed by atoms with Gasteiger partial charge in [-0.15, -0.1) is 0 Å². The van der Waals surface area contributed by atoms with Crippen LogP contribution in [0.15, 0.2) is 0 Å². The number of likely N-dealkylation sites (N-methyl/N-ethyl adjacent to an activating group) is 1. The molecular formula is C8H17N3O. The second-order valence-electron chi connectivity index (χ2n) is 3.53. The van der Waals surface area contributed by atoms with Gasteiger partial charge >= 0.3 is 0 Å². The number of nitrogens with two attached hydrogens (primary N) is 2. The summed E-state index contributed by atoms with van der Waals surface area (Å²) in [5.41, 5.74) is 10.6. The Morgan fingerprint density at radius 3 is 2.58 bits per heavy atom. The van der Waals surface area contributed by atoms with E-state index in [0.29, 0.717) is 12.6 Å². The summed E-state index contributed by atoms with van der Waals surface area (Å²) in [5.74, 6) is -0.416. The Morgan fingerprint density at radius 2 is 2.25 bits per heavy atom. The second kappa shape index (κ2) is 3.87. The number of rotatable bonds is 4. The van der Waals surface area contributed by atoms with Crippen molar-refractivity contribution < 1.29 is 4.79 Å². The number of amides is 1. The molecule has 1 rings (SSSR count). The first-order valence-electron chi connectivity index (χ1n) is 4.36. The molecule has 1 atom stereocenters. The summed E-state index contributed by atoms with van der Waals surface area (Å²) in [6, 6.07) is 0.103. The summed E-state index contributed by atoms with van der Waals surface area (Å²) >= 11 is 0. The minimum Gasteiger partial charge on any atom is -0.368 e. The molecule has 1 aliphatic rings. The van der Waals surface area contributed by atoms with E-state index in [0.717, 1.165) is 0 Å². The molecule has 70 valence electrons. The number of hydrogen-bond acceptors (Lipinski definition) is 3. The molecule has 4 heteroatoms. The molecule has 0 aromatic heterocycles. The van der Waals surface area contributed by atoms with Crippen LogP contribution < -0.4 is 11.5 Å². The molecule has 0 aromatic carbocycles. The van der Waals surface area contributed by atoms with Gasteiger partial charge < -0.3 is 16.4 Å². The third-order valence-electron chi connectivity index (χ3n) is 2.55. The molecule has 0 aromatic rings. The molecule has 4 nitrogen and oxygen atoms in total. The van der Waals surface area contributed by atoms with Crippen LogP contribution in [0.3, 0.4) is 0 Å². The van der Waals surface area contributed by atoms with Crippen molar-refractivity contribution in [3.63, 3.8) is 0 Å². The summed E-state index contributed by atoms with van der Waals surface area (Å²) in [6.45, 7) is 0.583. The van der Waals surface area contributed by atoms with Crippen molar-refractivity contribution in [2.75, 3.05) is 13.6 Å². The highest BCUT2D eigenvalue weighted by molar-refractivity contribution is 5.79. The second-order valence-corrected chi connectivity index (χ2v) is 3.53. The normalized spacial score (nSPS) is 20.6. The number of carbonyl (C=O) groups is 1. The molecule has 0 saturated heterocycles. The van der Waals surface area contributed by atoms with Gasteiger partial charge in [-0.05, 0) is 19.9 Å². The number of nitrogens with zero attached hydrogens (tertiary/aromatic N) is 1. The van der Waals surface area contributed by atoms with Crippen LogP contribution >= 0.6 is 0 Å². The van der Waals surface area contributed by atoms with Gasteiger partial charge in [0.05, 0.1) is 6.04 Å². The van der Waals surface area contributed by atoms with Gasteiger partial charge in [-0.3, -0.25) is 4.79 Å². The van der Waals surface area contributed by atoms with E-state index in [-0.39, 0.29) is 0 Å². The molecule has 1 fully saturated rings. The predicted octanol–water partition coefficient (Wildman–Crippen LogP) is -0.717. The highest BCUT2D eigenvalue weighted by Gasteiger charge is 2.24. The Kier molecular flexibility index (Phi) is 3.05. The lowest BCUT2D eigenvalue weighted by Crippen LogP contribution is -2.49. The molecule has 0 bridgehead atoms. The van der Waals surface area contributed by atoms with Gasteiger partial charge in [-0.25, -0.2) is 0 Å². The van der Waals surface area contributed by atoms with E-state index in [1.54, 1.807) is 0 Å². The largest absolute Gasteiger partial charge is 0.368 e. The summed E-state index contributed by atoms with van der Waals surface area (Å²) in [5, 5.41) is 0. The number of carbonyl (C=O) groups excluding carboxylic acids is 1. The first-order valence-corrected chi connectivity index (χ1v) is 4.36. The summed E-state index contributed by atoms with van der Waals surface area (Å²) in [7, 11) is 1.99. The lowest BCUT2D eigenvalue weighted by atomic mass is 9.91. The smallest absolute Gasteiger partial charge is 0.235 e. The van der Waals surface area contributed by atoms with Crippen LogP contribution in [0.4, 0.5) is 0 Å². The molecule has 1 unspecified atom stereocenters. The van der Waals surface area contributed by atoms with Crippen molar-refractivity contribution in [2.24, 2.45) is 11.5 Å².